The molecule has 1 aromatic rings. The topological polar surface area (TPSA) is 45.5 Å². The highest BCUT2D eigenvalue weighted by Gasteiger charge is 2.25. The van der Waals surface area contributed by atoms with Crippen molar-refractivity contribution in [1.29, 1.82) is 0 Å². The van der Waals surface area contributed by atoms with E-state index in [4.69, 9.17) is 60.3 Å². The minimum atomic E-state index is -2.94. The molecule has 0 N–H and O–H groups in total. The zero-order valence-electron chi connectivity index (χ0n) is 9.02. The smallest absolute Gasteiger partial charge is 0.313 e. The molecule has 0 radical (unpaired) electrons. The van der Waals surface area contributed by atoms with E-state index < -0.39 is 6.72 Å². The highest BCUT2D eigenvalue weighted by atomic mass is 35.5. The Morgan fingerprint density at radius 3 is 2.12 bits per heavy atom. The van der Waals surface area contributed by atoms with E-state index in [2.05, 4.69) is 5.10 Å². The van der Waals surface area contributed by atoms with Crippen LogP contribution in [0.3, 0.4) is 0 Å². The van der Waals surface area contributed by atoms with Crippen LogP contribution in [0, 0.1) is 0 Å². The van der Waals surface area contributed by atoms with Gasteiger partial charge in [-0.05, 0) is 13.8 Å². The number of nitrogens with zero attached hydrogens (tertiary/aromatic N) is 2. The van der Waals surface area contributed by atoms with E-state index in [0.29, 0.717) is 13.2 Å². The Balaban J connectivity index is 2.93. The predicted molar refractivity (Wildman–Crippen MR) is 71.4 cm³/mol. The van der Waals surface area contributed by atoms with Crippen LogP contribution in [0.25, 0.3) is 0 Å². The first kappa shape index (κ1) is 15.5. The molecule has 98 valence electrons. The van der Waals surface area contributed by atoms with Gasteiger partial charge in [-0.1, -0.05) is 39.6 Å². The zero-order chi connectivity index (χ0) is 13.1. The molecule has 0 aromatic carbocycles. The molecule has 1 heterocycles. The lowest BCUT2D eigenvalue weighted by atomic mass is 10.7. The van der Waals surface area contributed by atoms with Crippen molar-refractivity contribution in [2.75, 3.05) is 13.2 Å². The highest BCUT2D eigenvalue weighted by Crippen LogP contribution is 2.47. The lowest BCUT2D eigenvalue weighted by molar-refractivity contribution is 0.138. The normalized spacial score (nSPS) is 11.8. The summed E-state index contributed by atoms with van der Waals surface area (Å²) in [5.41, 5.74) is 0. The van der Waals surface area contributed by atoms with Gasteiger partial charge in [0.15, 0.2) is 10.3 Å². The maximum atomic E-state index is 5.84. The number of halogens is 3. The van der Waals surface area contributed by atoms with Crippen LogP contribution in [0.2, 0.25) is 15.3 Å². The molecule has 0 spiro atoms. The third-order valence-corrected chi connectivity index (χ3v) is 4.95. The van der Waals surface area contributed by atoms with Crippen LogP contribution >= 0.6 is 41.5 Å². The minimum absolute atomic E-state index is 0.0188. The molecule has 1 rings (SSSR count). The lowest BCUT2D eigenvalue weighted by Gasteiger charge is -2.19. The average Bonchev–Trinajstić information content (AvgIpc) is 2.47. The van der Waals surface area contributed by atoms with E-state index in [1.54, 1.807) is 13.8 Å². The van der Waals surface area contributed by atoms with Crippen molar-refractivity contribution in [3.05, 3.63) is 15.3 Å². The summed E-state index contributed by atoms with van der Waals surface area (Å²) < 4.78 is 15.8. The second-order valence-electron chi connectivity index (χ2n) is 2.63. The average molecular weight is 340 g/mol. The van der Waals surface area contributed by atoms with Gasteiger partial charge >= 0.3 is 6.72 Å². The molecule has 17 heavy (non-hydrogen) atoms. The molecule has 1 aromatic heterocycles. The number of aromatic nitrogens is 2. The van der Waals surface area contributed by atoms with Crippen molar-refractivity contribution in [1.82, 2.24) is 9.94 Å². The van der Waals surface area contributed by atoms with E-state index in [9.17, 15) is 0 Å². The minimum Gasteiger partial charge on any atom is -0.313 e. The summed E-state index contributed by atoms with van der Waals surface area (Å²) in [6.45, 7) is 1.29. The summed E-state index contributed by atoms with van der Waals surface area (Å²) >= 11 is 22.4. The first-order valence-electron chi connectivity index (χ1n) is 4.62. The molecule has 5 nitrogen and oxygen atoms in total. The molecule has 0 aliphatic carbocycles. The summed E-state index contributed by atoms with van der Waals surface area (Å²) in [6.07, 6.45) is 0. The van der Waals surface area contributed by atoms with Gasteiger partial charge in [0.25, 0.3) is 0 Å². The van der Waals surface area contributed by atoms with E-state index in [-0.39, 0.29) is 15.3 Å². The van der Waals surface area contributed by atoms with Gasteiger partial charge in [0.2, 0.25) is 0 Å². The largest absolute Gasteiger partial charge is 0.402 e. The van der Waals surface area contributed by atoms with E-state index in [0.717, 1.165) is 4.85 Å². The Kier molecular flexibility index (Phi) is 5.99. The second-order valence-corrected chi connectivity index (χ2v) is 6.64. The van der Waals surface area contributed by atoms with Crippen LogP contribution in [0.5, 0.6) is 0 Å². The molecular formula is C7H10Cl3N2O3PS. The fraction of sp³-hybridized carbons (Fsp3) is 0.571. The van der Waals surface area contributed by atoms with Crippen LogP contribution in [-0.2, 0) is 20.9 Å². The highest BCUT2D eigenvalue weighted by molar-refractivity contribution is 8.07. The summed E-state index contributed by atoms with van der Waals surface area (Å²) in [5, 5.41) is 3.88. The van der Waals surface area contributed by atoms with Crippen molar-refractivity contribution < 1.29 is 13.7 Å². The molecule has 0 saturated heterocycles. The van der Waals surface area contributed by atoms with Crippen LogP contribution in [-0.4, -0.2) is 23.2 Å². The van der Waals surface area contributed by atoms with Gasteiger partial charge < -0.3 is 4.62 Å². The quantitative estimate of drug-likeness (QED) is 0.741. The van der Waals surface area contributed by atoms with E-state index in [1.807, 2.05) is 0 Å². The fourth-order valence-corrected chi connectivity index (χ4v) is 3.34. The van der Waals surface area contributed by atoms with Crippen molar-refractivity contribution in [2.45, 2.75) is 13.8 Å². The number of rotatable bonds is 6. The first-order chi connectivity index (χ1) is 7.93. The van der Waals surface area contributed by atoms with Gasteiger partial charge in [0, 0.05) is 11.8 Å². The van der Waals surface area contributed by atoms with Gasteiger partial charge in [0.05, 0.1) is 13.2 Å². The Bertz CT molecular complexity index is 432. The van der Waals surface area contributed by atoms with Gasteiger partial charge in [0.1, 0.15) is 5.02 Å². The van der Waals surface area contributed by atoms with Crippen molar-refractivity contribution in [2.24, 2.45) is 0 Å². The Morgan fingerprint density at radius 1 is 1.24 bits per heavy atom. The van der Waals surface area contributed by atoms with Crippen LogP contribution in [0.4, 0.5) is 0 Å². The Morgan fingerprint density at radius 2 is 1.76 bits per heavy atom. The maximum absolute atomic E-state index is 5.84. The second kappa shape index (κ2) is 6.57. The zero-order valence-corrected chi connectivity index (χ0v) is 13.0. The summed E-state index contributed by atoms with van der Waals surface area (Å²) in [5.74, 6) is 0. The summed E-state index contributed by atoms with van der Waals surface area (Å²) in [7, 11) is 0. The standard InChI is InChI=1S/C7H10Cl3N2O3PS/c1-3-13-16(17,14-4-2)15-12-7(10)5(8)6(9)11-12/h3-4H2,1-2H3. The molecule has 0 fully saturated rings. The van der Waals surface area contributed by atoms with Gasteiger partial charge in [-0.25, -0.2) is 0 Å². The van der Waals surface area contributed by atoms with Crippen molar-refractivity contribution in [3.63, 3.8) is 0 Å². The third-order valence-electron chi connectivity index (χ3n) is 1.46. The molecule has 0 bridgehead atoms. The van der Waals surface area contributed by atoms with Crippen LogP contribution in [0.1, 0.15) is 13.8 Å². The molecule has 10 heteroatoms. The van der Waals surface area contributed by atoms with Crippen molar-refractivity contribution in [3.8, 4) is 0 Å². The maximum Gasteiger partial charge on any atom is 0.402 e. The summed E-state index contributed by atoms with van der Waals surface area (Å²) in [4.78, 5) is 0.915. The summed E-state index contributed by atoms with van der Waals surface area (Å²) in [6, 6.07) is 0. The van der Waals surface area contributed by atoms with Crippen LogP contribution < -0.4 is 4.62 Å². The first-order valence-corrected chi connectivity index (χ1v) is 8.31. The molecule has 0 aliphatic rings. The molecule has 0 aliphatic heterocycles. The lowest BCUT2D eigenvalue weighted by Crippen LogP contribution is -2.14. The fourth-order valence-electron chi connectivity index (χ4n) is 0.886. The molecule has 0 atom stereocenters. The van der Waals surface area contributed by atoms with Gasteiger partial charge in [-0.3, -0.25) is 9.05 Å². The SMILES string of the molecule is CCOP(=S)(OCC)On1nc(Cl)c(Cl)c1Cl. The molecule has 0 unspecified atom stereocenters. The van der Waals surface area contributed by atoms with E-state index >= 15 is 0 Å². The molecule has 0 amide bonds. The monoisotopic (exact) mass is 338 g/mol. The van der Waals surface area contributed by atoms with E-state index in [1.165, 1.54) is 0 Å². The number of hydrogen-bond acceptors (Lipinski definition) is 5. The Labute approximate surface area is 119 Å². The van der Waals surface area contributed by atoms with Gasteiger partial charge in [-0.2, -0.15) is 0 Å². The van der Waals surface area contributed by atoms with Gasteiger partial charge in [-0.15, -0.1) is 5.10 Å². The molecule has 0 saturated carbocycles. The van der Waals surface area contributed by atoms with Crippen molar-refractivity contribution >= 4 is 53.3 Å². The Hall–Kier alpha value is 0.450. The third kappa shape index (κ3) is 3.96. The molecular weight excluding hydrogens is 329 g/mol. The predicted octanol–water partition coefficient (Wildman–Crippen LogP) is 3.57. The van der Waals surface area contributed by atoms with Crippen LogP contribution in [0.15, 0.2) is 0 Å². The number of hydrogen-bond donors (Lipinski definition) is 0.